The van der Waals surface area contributed by atoms with Gasteiger partial charge in [-0.2, -0.15) is 0 Å². The van der Waals surface area contributed by atoms with E-state index in [1.165, 1.54) is 0 Å². The Morgan fingerprint density at radius 2 is 1.96 bits per heavy atom. The number of amides is 1. The van der Waals surface area contributed by atoms with Crippen molar-refractivity contribution in [2.24, 2.45) is 0 Å². The highest BCUT2D eigenvalue weighted by Gasteiger charge is 2.12. The Bertz CT molecular complexity index is 1060. The van der Waals surface area contributed by atoms with E-state index in [4.69, 9.17) is 0 Å². The van der Waals surface area contributed by atoms with Crippen molar-refractivity contribution in [1.29, 1.82) is 0 Å². The van der Waals surface area contributed by atoms with E-state index in [-0.39, 0.29) is 5.91 Å². The Hall–Kier alpha value is -3.21. The van der Waals surface area contributed by atoms with Crippen molar-refractivity contribution in [2.45, 2.75) is 0 Å². The highest BCUT2D eigenvalue weighted by atomic mass is 16.1. The third-order valence-electron chi connectivity index (χ3n) is 3.77. The van der Waals surface area contributed by atoms with Crippen LogP contribution in [0.25, 0.3) is 33.1 Å². The highest BCUT2D eigenvalue weighted by molar-refractivity contribution is 6.08. The Morgan fingerprint density at radius 3 is 2.74 bits per heavy atom. The molecule has 5 nitrogen and oxygen atoms in total. The maximum absolute atomic E-state index is 12.1. The van der Waals surface area contributed by atoms with Crippen molar-refractivity contribution in [3.8, 4) is 0 Å². The maximum Gasteiger partial charge on any atom is 0.251 e. The number of nitrogens with zero attached hydrogens (tertiary/aromatic N) is 2. The van der Waals surface area contributed by atoms with Gasteiger partial charge in [0.1, 0.15) is 5.52 Å². The van der Waals surface area contributed by atoms with Crippen molar-refractivity contribution in [1.82, 2.24) is 20.3 Å². The smallest absolute Gasteiger partial charge is 0.251 e. The van der Waals surface area contributed by atoms with Gasteiger partial charge in [-0.05, 0) is 30.3 Å². The zero-order valence-electron chi connectivity index (χ0n) is 12.3. The van der Waals surface area contributed by atoms with Gasteiger partial charge < -0.3 is 10.3 Å². The van der Waals surface area contributed by atoms with Gasteiger partial charge >= 0.3 is 0 Å². The van der Waals surface area contributed by atoms with Crippen molar-refractivity contribution < 1.29 is 4.79 Å². The number of aromatic nitrogens is 3. The minimum Gasteiger partial charge on any atom is -0.349 e. The summed E-state index contributed by atoms with van der Waals surface area (Å²) in [5.41, 5.74) is 4.68. The number of rotatable bonds is 3. The maximum atomic E-state index is 12.1. The van der Waals surface area contributed by atoms with Crippen LogP contribution < -0.4 is 5.32 Å². The van der Waals surface area contributed by atoms with Gasteiger partial charge in [-0.3, -0.25) is 4.79 Å². The molecule has 0 spiro atoms. The van der Waals surface area contributed by atoms with Crippen molar-refractivity contribution >= 4 is 39.0 Å². The number of hydrogen-bond acceptors (Lipinski definition) is 3. The van der Waals surface area contributed by atoms with Crippen molar-refractivity contribution in [3.63, 3.8) is 0 Å². The third-order valence-corrected chi connectivity index (χ3v) is 3.77. The van der Waals surface area contributed by atoms with Gasteiger partial charge in [0.15, 0.2) is 5.65 Å². The molecule has 0 fully saturated rings. The minimum atomic E-state index is -0.130. The molecule has 2 heterocycles. The summed E-state index contributed by atoms with van der Waals surface area (Å²) in [6.45, 7) is 4.04. The lowest BCUT2D eigenvalue weighted by atomic mass is 10.1. The Morgan fingerprint density at radius 1 is 1.17 bits per heavy atom. The first-order chi connectivity index (χ1) is 11.3. The molecule has 0 saturated carbocycles. The molecule has 0 atom stereocenters. The van der Waals surface area contributed by atoms with Crippen LogP contribution in [-0.2, 0) is 0 Å². The van der Waals surface area contributed by atoms with Crippen LogP contribution >= 0.6 is 0 Å². The quantitative estimate of drug-likeness (QED) is 0.571. The number of para-hydroxylation sites is 2. The third kappa shape index (κ3) is 2.23. The zero-order valence-corrected chi connectivity index (χ0v) is 12.3. The molecule has 2 aromatic carbocycles. The summed E-state index contributed by atoms with van der Waals surface area (Å²) in [6, 6.07) is 13.3. The SMILES string of the molecule is C=CCNC(=O)c1ccc2[nH]c3nc4ccccc4nc3c2c1. The van der Waals surface area contributed by atoms with E-state index in [2.05, 4.69) is 26.8 Å². The second kappa shape index (κ2) is 5.21. The standard InChI is InChI=1S/C18H14N4O/c1-2-9-19-18(23)11-7-8-13-12(10-11)16-17(21-13)22-15-6-4-3-5-14(15)20-16/h2-8,10H,1,9H2,(H,19,23)(H,21,22). The lowest BCUT2D eigenvalue weighted by molar-refractivity contribution is 0.0958. The minimum absolute atomic E-state index is 0.130. The van der Waals surface area contributed by atoms with Gasteiger partial charge in [0.25, 0.3) is 5.91 Å². The first kappa shape index (κ1) is 13.5. The van der Waals surface area contributed by atoms with Crippen LogP contribution in [0.3, 0.4) is 0 Å². The van der Waals surface area contributed by atoms with Crippen LogP contribution in [0.15, 0.2) is 55.1 Å². The number of H-pyrrole nitrogens is 1. The fourth-order valence-corrected chi connectivity index (χ4v) is 2.66. The normalized spacial score (nSPS) is 11.1. The molecule has 0 saturated heterocycles. The second-order valence-corrected chi connectivity index (χ2v) is 5.29. The van der Waals surface area contributed by atoms with Crippen LogP contribution in [0.5, 0.6) is 0 Å². The molecule has 1 amide bonds. The molecule has 2 aromatic heterocycles. The first-order valence-corrected chi connectivity index (χ1v) is 7.33. The summed E-state index contributed by atoms with van der Waals surface area (Å²) >= 11 is 0. The van der Waals surface area contributed by atoms with Gasteiger partial charge in [-0.1, -0.05) is 18.2 Å². The van der Waals surface area contributed by atoms with Gasteiger partial charge in [-0.15, -0.1) is 6.58 Å². The van der Waals surface area contributed by atoms with Crippen molar-refractivity contribution in [3.05, 3.63) is 60.7 Å². The molecule has 0 aliphatic heterocycles. The summed E-state index contributed by atoms with van der Waals surface area (Å²) < 4.78 is 0. The second-order valence-electron chi connectivity index (χ2n) is 5.29. The number of hydrogen-bond donors (Lipinski definition) is 2. The van der Waals surface area contributed by atoms with Gasteiger partial charge in [-0.25, -0.2) is 9.97 Å². The summed E-state index contributed by atoms with van der Waals surface area (Å²) in [5.74, 6) is -0.130. The number of aromatic amines is 1. The molecule has 0 unspecified atom stereocenters. The molecule has 23 heavy (non-hydrogen) atoms. The topological polar surface area (TPSA) is 70.7 Å². The average molecular weight is 302 g/mol. The molecule has 0 aliphatic carbocycles. The van der Waals surface area contributed by atoms with Gasteiger partial charge in [0.2, 0.25) is 0 Å². The molecule has 2 N–H and O–H groups in total. The predicted molar refractivity (Wildman–Crippen MR) is 91.4 cm³/mol. The van der Waals surface area contributed by atoms with Crippen LogP contribution in [0.1, 0.15) is 10.4 Å². The first-order valence-electron chi connectivity index (χ1n) is 7.33. The summed E-state index contributed by atoms with van der Waals surface area (Å²) in [5, 5.41) is 3.67. The Balaban J connectivity index is 1.92. The summed E-state index contributed by atoms with van der Waals surface area (Å²) in [6.07, 6.45) is 1.65. The largest absolute Gasteiger partial charge is 0.349 e. The van der Waals surface area contributed by atoms with E-state index in [1.54, 1.807) is 12.1 Å². The molecular weight excluding hydrogens is 288 g/mol. The number of benzene rings is 2. The Labute approximate surface area is 132 Å². The van der Waals surface area contributed by atoms with Crippen LogP contribution in [0.4, 0.5) is 0 Å². The van der Waals surface area contributed by atoms with E-state index >= 15 is 0 Å². The molecule has 0 radical (unpaired) electrons. The molecular formula is C18H14N4O. The van der Waals surface area contributed by atoms with E-state index in [9.17, 15) is 4.79 Å². The molecule has 5 heteroatoms. The summed E-state index contributed by atoms with van der Waals surface area (Å²) in [7, 11) is 0. The number of nitrogens with one attached hydrogen (secondary N) is 2. The van der Waals surface area contributed by atoms with Gasteiger partial charge in [0.05, 0.1) is 11.0 Å². The number of fused-ring (bicyclic) bond motifs is 4. The van der Waals surface area contributed by atoms with Crippen LogP contribution in [0.2, 0.25) is 0 Å². The molecule has 0 bridgehead atoms. The van der Waals surface area contributed by atoms with Crippen molar-refractivity contribution in [2.75, 3.05) is 6.54 Å². The molecule has 0 aliphatic rings. The molecule has 4 aromatic rings. The fourth-order valence-electron chi connectivity index (χ4n) is 2.66. The number of carbonyl (C=O) groups is 1. The fraction of sp³-hybridized carbons (Fsp3) is 0.0556. The average Bonchev–Trinajstić information content (AvgIpc) is 2.94. The lowest BCUT2D eigenvalue weighted by Gasteiger charge is -2.02. The van der Waals surface area contributed by atoms with E-state index in [0.717, 1.165) is 33.1 Å². The highest BCUT2D eigenvalue weighted by Crippen LogP contribution is 2.25. The summed E-state index contributed by atoms with van der Waals surface area (Å²) in [4.78, 5) is 24.7. The van der Waals surface area contributed by atoms with Gasteiger partial charge in [0, 0.05) is 23.0 Å². The van der Waals surface area contributed by atoms with Crippen LogP contribution in [0, 0.1) is 0 Å². The van der Waals surface area contributed by atoms with E-state index in [1.807, 2.05) is 36.4 Å². The number of carbonyl (C=O) groups excluding carboxylic acids is 1. The monoisotopic (exact) mass is 302 g/mol. The van der Waals surface area contributed by atoms with Crippen LogP contribution in [-0.4, -0.2) is 27.4 Å². The lowest BCUT2D eigenvalue weighted by Crippen LogP contribution is -2.22. The zero-order chi connectivity index (χ0) is 15.8. The van der Waals surface area contributed by atoms with E-state index < -0.39 is 0 Å². The molecule has 4 rings (SSSR count). The Kier molecular flexibility index (Phi) is 3.05. The molecule has 112 valence electrons. The van der Waals surface area contributed by atoms with E-state index in [0.29, 0.717) is 12.1 Å². The predicted octanol–water partition coefficient (Wildman–Crippen LogP) is 3.18.